The Labute approximate surface area is 108 Å². The lowest BCUT2D eigenvalue weighted by Crippen LogP contribution is -2.27. The van der Waals surface area contributed by atoms with Gasteiger partial charge in [-0.1, -0.05) is 12.1 Å². The number of para-hydroxylation sites is 1. The first-order valence-corrected chi connectivity index (χ1v) is 7.77. The molecule has 0 saturated heterocycles. The van der Waals surface area contributed by atoms with Gasteiger partial charge in [0.15, 0.2) is 0 Å². The maximum atomic E-state index is 13.8. The van der Waals surface area contributed by atoms with E-state index in [1.54, 1.807) is 18.0 Å². The fourth-order valence-electron chi connectivity index (χ4n) is 1.76. The van der Waals surface area contributed by atoms with Crippen molar-refractivity contribution in [2.45, 2.75) is 6.42 Å². The van der Waals surface area contributed by atoms with Crippen LogP contribution in [0.2, 0.25) is 0 Å². The van der Waals surface area contributed by atoms with Crippen LogP contribution >= 0.6 is 0 Å². The molecule has 0 bridgehead atoms. The molecule has 0 saturated carbocycles. The van der Waals surface area contributed by atoms with Crippen LogP contribution in [0.25, 0.3) is 0 Å². The van der Waals surface area contributed by atoms with Gasteiger partial charge in [0.25, 0.3) is 0 Å². The highest BCUT2D eigenvalue weighted by atomic mass is 32.2. The zero-order valence-electron chi connectivity index (χ0n) is 10.7. The number of halogens is 1. The zero-order chi connectivity index (χ0) is 13.8. The minimum Gasteiger partial charge on any atom is -0.371 e. The van der Waals surface area contributed by atoms with Crippen molar-refractivity contribution in [2.24, 2.45) is 5.73 Å². The van der Waals surface area contributed by atoms with Gasteiger partial charge in [-0.25, -0.2) is 12.8 Å². The third-order valence-corrected chi connectivity index (χ3v) is 3.59. The third kappa shape index (κ3) is 4.27. The van der Waals surface area contributed by atoms with Crippen molar-refractivity contribution in [3.05, 3.63) is 29.6 Å². The molecule has 0 radical (unpaired) electrons. The van der Waals surface area contributed by atoms with Gasteiger partial charge in [-0.05, 0) is 24.6 Å². The molecular formula is C12H19FN2O2S. The van der Waals surface area contributed by atoms with Crippen LogP contribution in [0.1, 0.15) is 5.56 Å². The Kier molecular flexibility index (Phi) is 5.10. The molecule has 0 aromatic heterocycles. The van der Waals surface area contributed by atoms with Gasteiger partial charge >= 0.3 is 0 Å². The molecule has 102 valence electrons. The van der Waals surface area contributed by atoms with E-state index in [2.05, 4.69) is 0 Å². The maximum absolute atomic E-state index is 13.8. The van der Waals surface area contributed by atoms with Crippen LogP contribution in [0.4, 0.5) is 10.1 Å². The fourth-order valence-corrected chi connectivity index (χ4v) is 2.36. The quantitative estimate of drug-likeness (QED) is 0.833. The molecule has 0 aliphatic heterocycles. The summed E-state index contributed by atoms with van der Waals surface area (Å²) in [6.45, 7) is 0.688. The van der Waals surface area contributed by atoms with Gasteiger partial charge in [-0.3, -0.25) is 0 Å². The van der Waals surface area contributed by atoms with Crippen LogP contribution in [-0.4, -0.2) is 40.6 Å². The minimum atomic E-state index is -3.05. The number of benzene rings is 1. The first kappa shape index (κ1) is 14.9. The summed E-state index contributed by atoms with van der Waals surface area (Å²) < 4.78 is 36.1. The summed E-state index contributed by atoms with van der Waals surface area (Å²) in [7, 11) is -1.37. The second-order valence-corrected chi connectivity index (χ2v) is 6.60. The molecule has 2 N–H and O–H groups in total. The summed E-state index contributed by atoms with van der Waals surface area (Å²) in [5, 5.41) is 0. The largest absolute Gasteiger partial charge is 0.371 e. The molecule has 0 aliphatic carbocycles. The van der Waals surface area contributed by atoms with Crippen molar-refractivity contribution in [1.82, 2.24) is 0 Å². The number of nitrogens with zero attached hydrogens (tertiary/aromatic N) is 1. The lowest BCUT2D eigenvalue weighted by atomic mass is 10.1. The Morgan fingerprint density at radius 2 is 2.06 bits per heavy atom. The summed E-state index contributed by atoms with van der Waals surface area (Å²) in [6.07, 6.45) is 1.74. The van der Waals surface area contributed by atoms with E-state index in [1.807, 2.05) is 6.07 Å². The molecule has 18 heavy (non-hydrogen) atoms. The average molecular weight is 274 g/mol. The Morgan fingerprint density at radius 3 is 2.61 bits per heavy atom. The zero-order valence-corrected chi connectivity index (χ0v) is 11.5. The SMILES string of the molecule is CN(CCS(C)(=O)=O)c1c(F)cccc1CCN. The molecule has 1 aromatic carbocycles. The molecule has 4 nitrogen and oxygen atoms in total. The van der Waals surface area contributed by atoms with Gasteiger partial charge in [0.05, 0.1) is 11.4 Å². The Hall–Kier alpha value is -1.14. The summed E-state index contributed by atoms with van der Waals surface area (Å²) in [5.41, 5.74) is 6.72. The molecule has 0 atom stereocenters. The van der Waals surface area contributed by atoms with E-state index in [0.29, 0.717) is 18.7 Å². The highest BCUT2D eigenvalue weighted by molar-refractivity contribution is 7.90. The topological polar surface area (TPSA) is 63.4 Å². The van der Waals surface area contributed by atoms with Gasteiger partial charge < -0.3 is 10.6 Å². The van der Waals surface area contributed by atoms with Gasteiger partial charge in [-0.15, -0.1) is 0 Å². The van der Waals surface area contributed by atoms with Crippen molar-refractivity contribution in [2.75, 3.05) is 37.0 Å². The van der Waals surface area contributed by atoms with Crippen molar-refractivity contribution in [3.63, 3.8) is 0 Å². The normalized spacial score (nSPS) is 11.6. The van der Waals surface area contributed by atoms with E-state index in [-0.39, 0.29) is 18.1 Å². The Bertz CT molecular complexity index is 503. The molecule has 6 heteroatoms. The van der Waals surface area contributed by atoms with Crippen LogP contribution < -0.4 is 10.6 Å². The second-order valence-electron chi connectivity index (χ2n) is 4.34. The van der Waals surface area contributed by atoms with Crippen LogP contribution in [0.15, 0.2) is 18.2 Å². The van der Waals surface area contributed by atoms with E-state index in [0.717, 1.165) is 5.56 Å². The molecule has 0 unspecified atom stereocenters. The molecule has 0 aliphatic rings. The van der Waals surface area contributed by atoms with Crippen molar-refractivity contribution in [3.8, 4) is 0 Å². The number of hydrogen-bond donors (Lipinski definition) is 1. The Morgan fingerprint density at radius 1 is 1.39 bits per heavy atom. The van der Waals surface area contributed by atoms with Crippen molar-refractivity contribution in [1.29, 1.82) is 0 Å². The van der Waals surface area contributed by atoms with E-state index in [1.165, 1.54) is 12.3 Å². The highest BCUT2D eigenvalue weighted by Crippen LogP contribution is 2.23. The average Bonchev–Trinajstić information content (AvgIpc) is 2.26. The summed E-state index contributed by atoms with van der Waals surface area (Å²) in [6, 6.07) is 4.81. The number of sulfone groups is 1. The summed E-state index contributed by atoms with van der Waals surface area (Å²) >= 11 is 0. The summed E-state index contributed by atoms with van der Waals surface area (Å²) in [5.74, 6) is -0.350. The van der Waals surface area contributed by atoms with Crippen LogP contribution in [0.5, 0.6) is 0 Å². The number of nitrogens with two attached hydrogens (primary N) is 1. The highest BCUT2D eigenvalue weighted by Gasteiger charge is 2.14. The second kappa shape index (κ2) is 6.15. The van der Waals surface area contributed by atoms with E-state index in [9.17, 15) is 12.8 Å². The van der Waals surface area contributed by atoms with Crippen LogP contribution in [0, 0.1) is 5.82 Å². The Balaban J connectivity index is 2.93. The van der Waals surface area contributed by atoms with E-state index in [4.69, 9.17) is 5.73 Å². The molecule has 0 heterocycles. The predicted octanol–water partition coefficient (Wildman–Crippen LogP) is 0.808. The molecule has 0 spiro atoms. The standard InChI is InChI=1S/C12H19FN2O2S/c1-15(8-9-18(2,16)17)12-10(6-7-14)4-3-5-11(12)13/h3-5H,6-9,14H2,1-2H3. The summed E-state index contributed by atoms with van der Waals surface area (Å²) in [4.78, 5) is 1.63. The molecule has 1 aromatic rings. The first-order valence-electron chi connectivity index (χ1n) is 5.71. The molecule has 0 amide bonds. The molecular weight excluding hydrogens is 255 g/mol. The minimum absolute atomic E-state index is 0.0000999. The van der Waals surface area contributed by atoms with Gasteiger partial charge in [0.1, 0.15) is 15.7 Å². The van der Waals surface area contributed by atoms with Crippen molar-refractivity contribution >= 4 is 15.5 Å². The van der Waals surface area contributed by atoms with Gasteiger partial charge in [0.2, 0.25) is 0 Å². The van der Waals surface area contributed by atoms with Gasteiger partial charge in [-0.2, -0.15) is 0 Å². The number of rotatable bonds is 6. The smallest absolute Gasteiger partial charge is 0.149 e. The fraction of sp³-hybridized carbons (Fsp3) is 0.500. The molecule has 1 rings (SSSR count). The van der Waals surface area contributed by atoms with Crippen LogP contribution in [0.3, 0.4) is 0 Å². The maximum Gasteiger partial charge on any atom is 0.149 e. The first-order chi connectivity index (χ1) is 8.35. The number of anilines is 1. The van der Waals surface area contributed by atoms with Crippen LogP contribution in [-0.2, 0) is 16.3 Å². The molecule has 0 fully saturated rings. The number of hydrogen-bond acceptors (Lipinski definition) is 4. The van der Waals surface area contributed by atoms with Gasteiger partial charge in [0, 0.05) is 19.8 Å². The van der Waals surface area contributed by atoms with E-state index < -0.39 is 9.84 Å². The van der Waals surface area contributed by atoms with Crippen molar-refractivity contribution < 1.29 is 12.8 Å². The lowest BCUT2D eigenvalue weighted by molar-refractivity contribution is 0.598. The third-order valence-electron chi connectivity index (χ3n) is 2.66. The lowest BCUT2D eigenvalue weighted by Gasteiger charge is -2.22. The van der Waals surface area contributed by atoms with E-state index >= 15 is 0 Å². The monoisotopic (exact) mass is 274 g/mol. The predicted molar refractivity (Wildman–Crippen MR) is 72.1 cm³/mol.